The van der Waals surface area contributed by atoms with Crippen molar-refractivity contribution < 1.29 is 4.79 Å². The molecule has 2 fully saturated rings. The predicted molar refractivity (Wildman–Crippen MR) is 81.0 cm³/mol. The molecule has 2 unspecified atom stereocenters. The second kappa shape index (κ2) is 7.96. The van der Waals surface area contributed by atoms with Gasteiger partial charge in [0, 0.05) is 19.0 Å². The van der Waals surface area contributed by atoms with Gasteiger partial charge in [-0.25, -0.2) is 5.84 Å². The summed E-state index contributed by atoms with van der Waals surface area (Å²) in [4.78, 5) is 16.2. The lowest BCUT2D eigenvalue weighted by Crippen LogP contribution is -2.52. The molecule has 20 heavy (non-hydrogen) atoms. The van der Waals surface area contributed by atoms with Crippen LogP contribution in [0.25, 0.3) is 0 Å². The second-order valence-corrected chi connectivity index (χ2v) is 6.42. The molecule has 0 aromatic carbocycles. The van der Waals surface area contributed by atoms with E-state index in [1.165, 1.54) is 51.9 Å². The number of likely N-dealkylation sites (tertiary alicyclic amines) is 2. The van der Waals surface area contributed by atoms with Crippen LogP contribution in [0.5, 0.6) is 0 Å². The number of carbonyl (C=O) groups is 1. The molecule has 0 aliphatic carbocycles. The molecule has 1 amide bonds. The summed E-state index contributed by atoms with van der Waals surface area (Å²) < 4.78 is 0. The van der Waals surface area contributed by atoms with Crippen LogP contribution in [0.2, 0.25) is 0 Å². The average Bonchev–Trinajstić information content (AvgIpc) is 2.46. The van der Waals surface area contributed by atoms with Gasteiger partial charge in [-0.15, -0.1) is 0 Å². The van der Waals surface area contributed by atoms with Gasteiger partial charge in [0.2, 0.25) is 5.91 Å². The zero-order valence-electron chi connectivity index (χ0n) is 12.8. The topological polar surface area (TPSA) is 61.6 Å². The third kappa shape index (κ3) is 4.43. The van der Waals surface area contributed by atoms with Gasteiger partial charge in [-0.05, 0) is 64.7 Å². The van der Waals surface area contributed by atoms with Crippen molar-refractivity contribution in [1.82, 2.24) is 15.2 Å². The van der Waals surface area contributed by atoms with Crippen molar-refractivity contribution in [2.75, 3.05) is 33.2 Å². The highest BCUT2D eigenvalue weighted by Gasteiger charge is 2.33. The van der Waals surface area contributed by atoms with Gasteiger partial charge >= 0.3 is 0 Å². The monoisotopic (exact) mass is 282 g/mol. The molecule has 2 heterocycles. The first-order valence-electron chi connectivity index (χ1n) is 8.12. The van der Waals surface area contributed by atoms with Gasteiger partial charge in [0.1, 0.15) is 0 Å². The van der Waals surface area contributed by atoms with Crippen LogP contribution in [0.4, 0.5) is 0 Å². The van der Waals surface area contributed by atoms with Crippen molar-refractivity contribution in [3.05, 3.63) is 0 Å². The lowest BCUT2D eigenvalue weighted by molar-refractivity contribution is -0.121. The van der Waals surface area contributed by atoms with Crippen molar-refractivity contribution in [2.24, 2.45) is 11.8 Å². The highest BCUT2D eigenvalue weighted by Crippen LogP contribution is 2.29. The van der Waals surface area contributed by atoms with E-state index in [2.05, 4.69) is 22.3 Å². The van der Waals surface area contributed by atoms with E-state index in [1.807, 2.05) is 0 Å². The summed E-state index contributed by atoms with van der Waals surface area (Å²) in [7, 11) is 2.29. The highest BCUT2D eigenvalue weighted by atomic mass is 16.2. The molecule has 5 heteroatoms. The zero-order valence-corrected chi connectivity index (χ0v) is 12.8. The Labute approximate surface area is 122 Å². The second-order valence-electron chi connectivity index (χ2n) is 6.42. The summed E-state index contributed by atoms with van der Waals surface area (Å²) >= 11 is 0. The summed E-state index contributed by atoms with van der Waals surface area (Å²) in [6.07, 6.45) is 7.93. The van der Waals surface area contributed by atoms with Gasteiger partial charge in [0.25, 0.3) is 0 Å². The van der Waals surface area contributed by atoms with Crippen molar-refractivity contribution in [1.29, 1.82) is 0 Å². The molecule has 0 radical (unpaired) electrons. The number of unbranched alkanes of at least 4 members (excludes halogenated alkanes) is 2. The van der Waals surface area contributed by atoms with Crippen LogP contribution in [-0.2, 0) is 4.79 Å². The van der Waals surface area contributed by atoms with Crippen LogP contribution < -0.4 is 11.3 Å². The molecule has 5 nitrogen and oxygen atoms in total. The SMILES string of the molecule is CN1CCCC2CN(CCCCCC(=O)NN)CCC21. The Balaban J connectivity index is 1.60. The van der Waals surface area contributed by atoms with E-state index in [9.17, 15) is 4.79 Å². The number of fused-ring (bicyclic) bond motifs is 1. The Morgan fingerprint density at radius 1 is 1.25 bits per heavy atom. The molecule has 3 N–H and O–H groups in total. The van der Waals surface area contributed by atoms with Crippen LogP contribution in [0.15, 0.2) is 0 Å². The fraction of sp³-hybridized carbons (Fsp3) is 0.933. The number of rotatable bonds is 6. The molecule has 2 saturated heterocycles. The van der Waals surface area contributed by atoms with E-state index in [0.717, 1.165) is 24.8 Å². The third-order valence-electron chi connectivity index (χ3n) is 4.97. The molecule has 2 aliphatic rings. The minimum absolute atomic E-state index is 0.0453. The Bertz CT molecular complexity index is 310. The average molecular weight is 282 g/mol. The summed E-state index contributed by atoms with van der Waals surface area (Å²) in [5.41, 5.74) is 2.19. The number of amides is 1. The van der Waals surface area contributed by atoms with Gasteiger partial charge in [0.15, 0.2) is 0 Å². The Morgan fingerprint density at radius 2 is 2.10 bits per heavy atom. The van der Waals surface area contributed by atoms with E-state index >= 15 is 0 Å². The van der Waals surface area contributed by atoms with Gasteiger partial charge < -0.3 is 9.80 Å². The lowest BCUT2D eigenvalue weighted by atomic mass is 9.84. The molecular weight excluding hydrogens is 252 g/mol. The molecule has 0 bridgehead atoms. The quantitative estimate of drug-likeness (QED) is 0.330. The standard InChI is InChI=1S/C15H30N4O/c1-18-9-5-6-13-12-19(11-8-14(13)18)10-4-2-3-7-15(20)17-16/h13-14H,2-12,16H2,1H3,(H,17,20). The molecule has 2 aliphatic heterocycles. The number of hydrogen-bond donors (Lipinski definition) is 2. The number of hydrogen-bond acceptors (Lipinski definition) is 4. The van der Waals surface area contributed by atoms with Gasteiger partial charge in [-0.1, -0.05) is 6.42 Å². The van der Waals surface area contributed by atoms with E-state index < -0.39 is 0 Å². The number of carbonyl (C=O) groups excluding carboxylic acids is 1. The highest BCUT2D eigenvalue weighted by molar-refractivity contribution is 5.74. The fourth-order valence-electron chi connectivity index (χ4n) is 3.80. The van der Waals surface area contributed by atoms with Crippen LogP contribution in [-0.4, -0.2) is 55.0 Å². The smallest absolute Gasteiger partial charge is 0.233 e. The Kier molecular flexibility index (Phi) is 6.26. The summed E-state index contributed by atoms with van der Waals surface area (Å²) in [6, 6.07) is 0.827. The first-order valence-corrected chi connectivity index (χ1v) is 8.12. The number of nitrogens with zero attached hydrogens (tertiary/aromatic N) is 2. The number of hydrazine groups is 1. The number of nitrogens with one attached hydrogen (secondary N) is 1. The lowest BCUT2D eigenvalue weighted by Gasteiger charge is -2.46. The van der Waals surface area contributed by atoms with Crippen molar-refractivity contribution in [3.8, 4) is 0 Å². The molecule has 2 atom stereocenters. The normalized spacial score (nSPS) is 28.1. The van der Waals surface area contributed by atoms with Gasteiger partial charge in [-0.3, -0.25) is 10.2 Å². The Hall–Kier alpha value is -0.650. The molecule has 0 aromatic rings. The largest absolute Gasteiger partial charge is 0.303 e. The number of piperidine rings is 2. The first kappa shape index (κ1) is 15.7. The van der Waals surface area contributed by atoms with E-state index in [1.54, 1.807) is 0 Å². The minimum Gasteiger partial charge on any atom is -0.303 e. The van der Waals surface area contributed by atoms with Crippen LogP contribution in [0.3, 0.4) is 0 Å². The molecule has 0 saturated carbocycles. The molecule has 0 aromatic heterocycles. The van der Waals surface area contributed by atoms with E-state index in [4.69, 9.17) is 5.84 Å². The predicted octanol–water partition coefficient (Wildman–Crippen LogP) is 0.953. The van der Waals surface area contributed by atoms with Crippen molar-refractivity contribution in [3.63, 3.8) is 0 Å². The zero-order chi connectivity index (χ0) is 14.4. The van der Waals surface area contributed by atoms with E-state index in [0.29, 0.717) is 6.42 Å². The Morgan fingerprint density at radius 3 is 2.90 bits per heavy atom. The van der Waals surface area contributed by atoms with Crippen molar-refractivity contribution >= 4 is 5.91 Å². The summed E-state index contributed by atoms with van der Waals surface area (Å²) in [5, 5.41) is 0. The summed E-state index contributed by atoms with van der Waals surface area (Å²) in [6.45, 7) is 4.99. The van der Waals surface area contributed by atoms with Crippen LogP contribution in [0, 0.1) is 5.92 Å². The summed E-state index contributed by atoms with van der Waals surface area (Å²) in [5.74, 6) is 5.90. The molecular formula is C15H30N4O. The maximum atomic E-state index is 11.0. The first-order chi connectivity index (χ1) is 9.70. The van der Waals surface area contributed by atoms with Crippen LogP contribution >= 0.6 is 0 Å². The van der Waals surface area contributed by atoms with Crippen LogP contribution in [0.1, 0.15) is 44.9 Å². The maximum Gasteiger partial charge on any atom is 0.233 e. The van der Waals surface area contributed by atoms with Gasteiger partial charge in [-0.2, -0.15) is 0 Å². The third-order valence-corrected chi connectivity index (χ3v) is 4.97. The molecule has 116 valence electrons. The van der Waals surface area contributed by atoms with Crippen molar-refractivity contribution in [2.45, 2.75) is 51.0 Å². The molecule has 0 spiro atoms. The number of nitrogens with two attached hydrogens (primary N) is 1. The molecule has 2 rings (SSSR count). The van der Waals surface area contributed by atoms with E-state index in [-0.39, 0.29) is 5.91 Å². The minimum atomic E-state index is -0.0453. The maximum absolute atomic E-state index is 11.0. The van der Waals surface area contributed by atoms with Gasteiger partial charge in [0.05, 0.1) is 0 Å². The fourth-order valence-corrected chi connectivity index (χ4v) is 3.80.